The van der Waals surface area contributed by atoms with Crippen LogP contribution in [0.25, 0.3) is 11.1 Å². The number of oxazole rings is 1. The summed E-state index contributed by atoms with van der Waals surface area (Å²) >= 11 is 0. The van der Waals surface area contributed by atoms with Crippen molar-refractivity contribution in [1.82, 2.24) is 14.8 Å². The first-order chi connectivity index (χ1) is 12.7. The standard InChI is InChI=1S/C19H25N3O4/c23-17(21-12-13-25-19(14-21)8-4-1-5-9-19)20-10-11-22-15-6-2-3-7-16(15)26-18(22)24/h2-3,6-7H,1,4-5,8-14H2,(H,20,23). The molecule has 1 saturated carbocycles. The van der Waals surface area contributed by atoms with Gasteiger partial charge in [0.15, 0.2) is 5.58 Å². The Morgan fingerprint density at radius 2 is 2.00 bits per heavy atom. The lowest BCUT2D eigenvalue weighted by atomic mass is 9.83. The van der Waals surface area contributed by atoms with Crippen LogP contribution in [0.4, 0.5) is 4.79 Å². The molecule has 1 aliphatic carbocycles. The second kappa shape index (κ2) is 7.15. The van der Waals surface area contributed by atoms with Crippen LogP contribution in [0, 0.1) is 0 Å². The van der Waals surface area contributed by atoms with E-state index in [4.69, 9.17) is 9.15 Å². The summed E-state index contributed by atoms with van der Waals surface area (Å²) in [5.74, 6) is -0.395. The Morgan fingerprint density at radius 3 is 2.85 bits per heavy atom. The van der Waals surface area contributed by atoms with Gasteiger partial charge in [0, 0.05) is 19.6 Å². The van der Waals surface area contributed by atoms with Gasteiger partial charge in [-0.05, 0) is 25.0 Å². The third-order valence-electron chi connectivity index (χ3n) is 5.49. The van der Waals surface area contributed by atoms with Crippen LogP contribution < -0.4 is 11.1 Å². The van der Waals surface area contributed by atoms with Gasteiger partial charge in [0.25, 0.3) is 0 Å². The van der Waals surface area contributed by atoms with Crippen LogP contribution in [0.3, 0.4) is 0 Å². The number of amides is 2. The largest absolute Gasteiger partial charge is 0.420 e. The number of morpholine rings is 1. The van der Waals surface area contributed by atoms with Crippen molar-refractivity contribution in [1.29, 1.82) is 0 Å². The highest BCUT2D eigenvalue weighted by Gasteiger charge is 2.39. The number of carbonyl (C=O) groups is 1. The van der Waals surface area contributed by atoms with Gasteiger partial charge in [-0.1, -0.05) is 31.4 Å². The SMILES string of the molecule is O=C(NCCn1c(=O)oc2ccccc21)N1CCOC2(CCCCC2)C1. The maximum atomic E-state index is 12.5. The van der Waals surface area contributed by atoms with Crippen molar-refractivity contribution in [2.75, 3.05) is 26.2 Å². The highest BCUT2D eigenvalue weighted by molar-refractivity contribution is 5.74. The summed E-state index contributed by atoms with van der Waals surface area (Å²) in [6.07, 6.45) is 5.67. The maximum absolute atomic E-state index is 12.5. The van der Waals surface area contributed by atoms with E-state index in [-0.39, 0.29) is 11.6 Å². The van der Waals surface area contributed by atoms with Crippen LogP contribution in [0.1, 0.15) is 32.1 Å². The first kappa shape index (κ1) is 17.1. The summed E-state index contributed by atoms with van der Waals surface area (Å²) in [7, 11) is 0. The van der Waals surface area contributed by atoms with Crippen molar-refractivity contribution in [2.24, 2.45) is 0 Å². The average Bonchev–Trinajstić information content (AvgIpc) is 2.98. The summed E-state index contributed by atoms with van der Waals surface area (Å²) in [6, 6.07) is 7.22. The van der Waals surface area contributed by atoms with E-state index in [9.17, 15) is 9.59 Å². The zero-order valence-electron chi connectivity index (χ0n) is 14.9. The lowest BCUT2D eigenvalue weighted by molar-refractivity contribution is -0.116. The molecule has 1 N–H and O–H groups in total. The number of rotatable bonds is 3. The van der Waals surface area contributed by atoms with Crippen molar-refractivity contribution in [2.45, 2.75) is 44.2 Å². The summed E-state index contributed by atoms with van der Waals surface area (Å²) in [5.41, 5.74) is 1.17. The van der Waals surface area contributed by atoms with Gasteiger partial charge in [-0.2, -0.15) is 0 Å². The molecule has 7 nitrogen and oxygen atoms in total. The minimum absolute atomic E-state index is 0.0842. The van der Waals surface area contributed by atoms with Crippen LogP contribution in [-0.4, -0.2) is 47.3 Å². The van der Waals surface area contributed by atoms with Gasteiger partial charge >= 0.3 is 11.8 Å². The summed E-state index contributed by atoms with van der Waals surface area (Å²) < 4.78 is 12.8. The third-order valence-corrected chi connectivity index (χ3v) is 5.49. The van der Waals surface area contributed by atoms with Crippen LogP contribution in [0.2, 0.25) is 0 Å². The Morgan fingerprint density at radius 1 is 1.19 bits per heavy atom. The quantitative estimate of drug-likeness (QED) is 0.913. The Kier molecular flexibility index (Phi) is 4.72. The molecular weight excluding hydrogens is 334 g/mol. The van der Waals surface area contributed by atoms with Crippen molar-refractivity contribution >= 4 is 17.1 Å². The molecule has 1 spiro atoms. The van der Waals surface area contributed by atoms with Gasteiger partial charge in [0.1, 0.15) is 0 Å². The van der Waals surface area contributed by atoms with E-state index >= 15 is 0 Å². The van der Waals surface area contributed by atoms with Crippen molar-refractivity contribution in [3.8, 4) is 0 Å². The van der Waals surface area contributed by atoms with Gasteiger partial charge in [0.2, 0.25) is 0 Å². The summed E-state index contributed by atoms with van der Waals surface area (Å²) in [6.45, 7) is 2.64. The van der Waals surface area contributed by atoms with Gasteiger partial charge in [-0.25, -0.2) is 9.59 Å². The van der Waals surface area contributed by atoms with E-state index in [1.54, 1.807) is 10.6 Å². The number of hydrogen-bond donors (Lipinski definition) is 1. The lowest BCUT2D eigenvalue weighted by Crippen LogP contribution is -2.56. The van der Waals surface area contributed by atoms with Crippen LogP contribution >= 0.6 is 0 Å². The molecular formula is C19H25N3O4. The number of nitrogens with one attached hydrogen (secondary N) is 1. The van der Waals surface area contributed by atoms with E-state index in [1.165, 1.54) is 19.3 Å². The number of urea groups is 1. The number of aromatic nitrogens is 1. The lowest BCUT2D eigenvalue weighted by Gasteiger charge is -2.44. The minimum atomic E-state index is -0.395. The van der Waals surface area contributed by atoms with Crippen molar-refractivity contribution in [3.05, 3.63) is 34.8 Å². The number of para-hydroxylation sites is 2. The molecule has 1 saturated heterocycles. The molecule has 2 amide bonds. The maximum Gasteiger partial charge on any atom is 0.420 e. The summed E-state index contributed by atoms with van der Waals surface area (Å²) in [4.78, 5) is 26.4. The molecule has 7 heteroatoms. The Hall–Kier alpha value is -2.28. The van der Waals surface area contributed by atoms with Gasteiger partial charge in [-0.15, -0.1) is 0 Å². The number of fused-ring (bicyclic) bond motifs is 1. The molecule has 2 heterocycles. The zero-order valence-corrected chi connectivity index (χ0v) is 14.9. The Bertz CT molecular complexity index is 829. The average molecular weight is 359 g/mol. The fourth-order valence-electron chi connectivity index (χ4n) is 4.13. The first-order valence-electron chi connectivity index (χ1n) is 9.42. The van der Waals surface area contributed by atoms with Gasteiger partial charge < -0.3 is 19.4 Å². The molecule has 1 aromatic heterocycles. The monoisotopic (exact) mass is 359 g/mol. The van der Waals surface area contributed by atoms with Gasteiger partial charge in [-0.3, -0.25) is 4.57 Å². The first-order valence-corrected chi connectivity index (χ1v) is 9.42. The van der Waals surface area contributed by atoms with Crippen LogP contribution in [-0.2, 0) is 11.3 Å². The molecule has 26 heavy (non-hydrogen) atoms. The number of ether oxygens (including phenoxy) is 1. The highest BCUT2D eigenvalue weighted by atomic mass is 16.5. The topological polar surface area (TPSA) is 76.7 Å². The molecule has 140 valence electrons. The van der Waals surface area contributed by atoms with Crippen LogP contribution in [0.15, 0.2) is 33.5 Å². The predicted octanol–water partition coefficient (Wildman–Crippen LogP) is 2.34. The zero-order chi connectivity index (χ0) is 18.0. The van der Waals surface area contributed by atoms with Crippen molar-refractivity contribution < 1.29 is 13.9 Å². The van der Waals surface area contributed by atoms with Gasteiger partial charge in [0.05, 0.1) is 24.3 Å². The molecule has 0 radical (unpaired) electrons. The number of hydrogen-bond acceptors (Lipinski definition) is 4. The van der Waals surface area contributed by atoms with E-state index in [2.05, 4.69) is 5.32 Å². The van der Waals surface area contributed by atoms with Crippen LogP contribution in [0.5, 0.6) is 0 Å². The molecule has 0 unspecified atom stereocenters. The van der Waals surface area contributed by atoms with E-state index in [0.717, 1.165) is 18.4 Å². The smallest absolute Gasteiger partial charge is 0.408 e. The molecule has 4 rings (SSSR count). The van der Waals surface area contributed by atoms with E-state index in [0.29, 0.717) is 38.4 Å². The molecule has 2 fully saturated rings. The normalized spacial score (nSPS) is 19.8. The number of carbonyl (C=O) groups excluding carboxylic acids is 1. The third kappa shape index (κ3) is 3.35. The molecule has 2 aromatic rings. The number of benzene rings is 1. The fraction of sp³-hybridized carbons (Fsp3) is 0.579. The Balaban J connectivity index is 1.35. The highest BCUT2D eigenvalue weighted by Crippen LogP contribution is 2.34. The molecule has 0 bridgehead atoms. The number of nitrogens with zero attached hydrogens (tertiary/aromatic N) is 2. The second-order valence-corrected chi connectivity index (χ2v) is 7.23. The summed E-state index contributed by atoms with van der Waals surface area (Å²) in [5, 5.41) is 2.93. The fourth-order valence-corrected chi connectivity index (χ4v) is 4.13. The minimum Gasteiger partial charge on any atom is -0.408 e. The molecule has 2 aliphatic rings. The van der Waals surface area contributed by atoms with E-state index in [1.807, 2.05) is 23.1 Å². The molecule has 0 atom stereocenters. The molecule has 1 aromatic carbocycles. The molecule has 1 aliphatic heterocycles. The van der Waals surface area contributed by atoms with E-state index < -0.39 is 5.76 Å². The second-order valence-electron chi connectivity index (χ2n) is 7.23. The predicted molar refractivity (Wildman–Crippen MR) is 97.2 cm³/mol. The van der Waals surface area contributed by atoms with Crippen molar-refractivity contribution in [3.63, 3.8) is 0 Å². The Labute approximate surface area is 151 Å².